The van der Waals surface area contributed by atoms with Crippen LogP contribution < -0.4 is 0 Å². The summed E-state index contributed by atoms with van der Waals surface area (Å²) in [6, 6.07) is 0. The standard InChI is InChI=1S/C8HF17O3S/c9-1(3(11,12)7(20,21)22,2(10,5(14,15)16)6(17,18)19)4(13,8(23,24)25)29(26,27)28/h(H,26,27,28)/p-1. The van der Waals surface area contributed by atoms with Crippen LogP contribution in [0.5, 0.6) is 0 Å². The minimum atomic E-state index is -9.54. The van der Waals surface area contributed by atoms with E-state index in [-0.39, 0.29) is 0 Å². The van der Waals surface area contributed by atoms with Gasteiger partial charge in [0.1, 0.15) is 10.1 Å². The van der Waals surface area contributed by atoms with Crippen molar-refractivity contribution in [3.63, 3.8) is 0 Å². The maximum atomic E-state index is 14.2. The fourth-order valence-corrected chi connectivity index (χ4v) is 2.79. The van der Waals surface area contributed by atoms with Gasteiger partial charge < -0.3 is 4.55 Å². The van der Waals surface area contributed by atoms with Crippen LogP contribution in [-0.2, 0) is 10.1 Å². The van der Waals surface area contributed by atoms with Crippen molar-refractivity contribution in [2.75, 3.05) is 0 Å². The van der Waals surface area contributed by atoms with E-state index >= 15 is 0 Å². The first kappa shape index (κ1) is 27.7. The predicted molar refractivity (Wildman–Crippen MR) is 50.4 cm³/mol. The van der Waals surface area contributed by atoms with Crippen LogP contribution in [0.25, 0.3) is 0 Å². The number of hydrogen-bond donors (Lipinski definition) is 0. The molecule has 0 aromatic carbocycles. The van der Waals surface area contributed by atoms with Gasteiger partial charge in [-0.3, -0.25) is 0 Å². The molecular weight excluding hydrogens is 499 g/mol. The van der Waals surface area contributed by atoms with Crippen molar-refractivity contribution >= 4 is 10.1 Å². The van der Waals surface area contributed by atoms with Gasteiger partial charge in [0.25, 0.3) is 5.67 Å². The molecule has 0 aliphatic rings. The Balaban J connectivity index is 8.26. The topological polar surface area (TPSA) is 57.2 Å². The SMILES string of the molecule is O=S(=O)([O-])C(F)(C(F)(F)F)C(F)(C(F)(F)C(F)(F)F)C(F)(C(F)(F)F)C(F)(F)F. The van der Waals surface area contributed by atoms with E-state index in [1.54, 1.807) is 0 Å². The summed E-state index contributed by atoms with van der Waals surface area (Å²) in [4.78, 5) is 0. The maximum absolute atomic E-state index is 14.2. The van der Waals surface area contributed by atoms with Crippen molar-refractivity contribution in [2.45, 2.75) is 47.0 Å². The Morgan fingerprint density at radius 3 is 0.862 bits per heavy atom. The van der Waals surface area contributed by atoms with E-state index < -0.39 is 57.1 Å². The summed E-state index contributed by atoms with van der Waals surface area (Å²) < 4.78 is 248. The molecule has 0 rings (SSSR count). The summed E-state index contributed by atoms with van der Waals surface area (Å²) >= 11 is 0. The number of alkyl halides is 17. The first-order valence-electron chi connectivity index (χ1n) is 5.67. The van der Waals surface area contributed by atoms with E-state index in [0.717, 1.165) is 0 Å². The summed E-state index contributed by atoms with van der Waals surface area (Å²) in [6.07, 6.45) is -34.3. The third-order valence-corrected chi connectivity index (χ3v) is 4.40. The molecule has 0 saturated heterocycles. The van der Waals surface area contributed by atoms with Gasteiger partial charge in [-0.05, 0) is 0 Å². The van der Waals surface area contributed by atoms with Crippen LogP contribution in [0.2, 0.25) is 0 Å². The third-order valence-electron chi connectivity index (χ3n) is 3.20. The van der Waals surface area contributed by atoms with E-state index in [4.69, 9.17) is 0 Å². The zero-order chi connectivity index (χ0) is 24.5. The molecule has 0 bridgehead atoms. The fourth-order valence-electron chi connectivity index (χ4n) is 1.90. The van der Waals surface area contributed by atoms with Gasteiger partial charge in [0, 0.05) is 0 Å². The van der Waals surface area contributed by atoms with Crippen LogP contribution >= 0.6 is 0 Å². The fraction of sp³-hybridized carbons (Fsp3) is 1.00. The monoisotopic (exact) mass is 499 g/mol. The van der Waals surface area contributed by atoms with Gasteiger partial charge in [-0.15, -0.1) is 0 Å². The summed E-state index contributed by atoms with van der Waals surface area (Å²) in [7, 11) is -9.06. The lowest BCUT2D eigenvalue weighted by Crippen LogP contribution is -2.84. The van der Waals surface area contributed by atoms with Crippen LogP contribution in [0.4, 0.5) is 74.6 Å². The van der Waals surface area contributed by atoms with Gasteiger partial charge in [0.15, 0.2) is 0 Å². The smallest absolute Gasteiger partial charge is 0.457 e. The molecule has 3 nitrogen and oxygen atoms in total. The molecule has 0 fully saturated rings. The van der Waals surface area contributed by atoms with Gasteiger partial charge in [-0.1, -0.05) is 0 Å². The molecule has 0 radical (unpaired) electrons. The van der Waals surface area contributed by atoms with Crippen molar-refractivity contribution in [1.29, 1.82) is 0 Å². The van der Waals surface area contributed by atoms with Gasteiger partial charge in [0.2, 0.25) is 0 Å². The third kappa shape index (κ3) is 3.26. The van der Waals surface area contributed by atoms with Crippen LogP contribution in [0.1, 0.15) is 0 Å². The number of hydrogen-bond acceptors (Lipinski definition) is 3. The first-order valence-corrected chi connectivity index (χ1v) is 7.08. The Kier molecular flexibility index (Phi) is 6.08. The van der Waals surface area contributed by atoms with E-state index in [9.17, 15) is 87.6 Å². The minimum Gasteiger partial charge on any atom is -0.745 e. The lowest BCUT2D eigenvalue weighted by molar-refractivity contribution is -0.454. The molecule has 0 spiro atoms. The molecule has 0 aromatic heterocycles. The molecule has 21 heteroatoms. The molecule has 29 heavy (non-hydrogen) atoms. The Bertz CT molecular complexity index is 712. The van der Waals surface area contributed by atoms with Crippen LogP contribution in [0.3, 0.4) is 0 Å². The molecule has 0 saturated carbocycles. The second-order valence-electron chi connectivity index (χ2n) is 4.93. The van der Waals surface area contributed by atoms with Crippen molar-refractivity contribution in [3.05, 3.63) is 0 Å². The zero-order valence-corrected chi connectivity index (χ0v) is 12.9. The van der Waals surface area contributed by atoms with Crippen LogP contribution in [0.15, 0.2) is 0 Å². The average molecular weight is 499 g/mol. The highest BCUT2D eigenvalue weighted by molar-refractivity contribution is 7.87. The molecule has 0 heterocycles. The van der Waals surface area contributed by atoms with Crippen molar-refractivity contribution in [2.24, 2.45) is 0 Å². The molecule has 0 amide bonds. The second kappa shape index (κ2) is 6.36. The summed E-state index contributed by atoms with van der Waals surface area (Å²) in [5, 5.41) is -8.97. The van der Waals surface area contributed by atoms with Crippen molar-refractivity contribution in [1.82, 2.24) is 0 Å². The summed E-state index contributed by atoms with van der Waals surface area (Å²) in [6.45, 7) is 0. The summed E-state index contributed by atoms with van der Waals surface area (Å²) in [5.41, 5.74) is -18.8. The predicted octanol–water partition coefficient (Wildman–Crippen LogP) is 4.50. The molecule has 176 valence electrons. The molecule has 0 aromatic rings. The molecule has 0 aliphatic carbocycles. The largest absolute Gasteiger partial charge is 0.745 e. The Labute approximate surface area is 146 Å². The Morgan fingerprint density at radius 1 is 0.448 bits per heavy atom. The van der Waals surface area contributed by atoms with E-state index in [0.29, 0.717) is 0 Å². The lowest BCUT2D eigenvalue weighted by Gasteiger charge is -2.51. The number of halogens is 17. The van der Waals surface area contributed by atoms with Crippen LogP contribution in [0, 0.1) is 0 Å². The summed E-state index contributed by atoms with van der Waals surface area (Å²) in [5.74, 6) is -9.07. The maximum Gasteiger partial charge on any atom is 0.457 e. The molecule has 2 unspecified atom stereocenters. The van der Waals surface area contributed by atoms with E-state index in [2.05, 4.69) is 0 Å². The first-order chi connectivity index (χ1) is 12.0. The molecule has 2 atom stereocenters. The van der Waals surface area contributed by atoms with Gasteiger partial charge in [-0.2, -0.15) is 61.5 Å². The highest BCUT2D eigenvalue weighted by atomic mass is 32.2. The normalized spacial score (nSPS) is 20.2. The van der Waals surface area contributed by atoms with E-state index in [1.807, 2.05) is 0 Å². The molecule has 0 N–H and O–H groups in total. The second-order valence-corrected chi connectivity index (χ2v) is 6.40. The highest BCUT2D eigenvalue weighted by Crippen LogP contribution is 2.68. The lowest BCUT2D eigenvalue weighted by atomic mass is 9.74. The highest BCUT2D eigenvalue weighted by Gasteiger charge is 3.02. The molecular formula is C8F17O3S-. The Hall–Kier alpha value is -1.28. The van der Waals surface area contributed by atoms with Crippen molar-refractivity contribution < 1.29 is 87.6 Å². The van der Waals surface area contributed by atoms with Gasteiger partial charge >= 0.3 is 41.3 Å². The van der Waals surface area contributed by atoms with Crippen molar-refractivity contribution in [3.8, 4) is 0 Å². The molecule has 0 aliphatic heterocycles. The zero-order valence-electron chi connectivity index (χ0n) is 12.1. The van der Waals surface area contributed by atoms with E-state index in [1.165, 1.54) is 0 Å². The minimum absolute atomic E-state index is 8.43. The Morgan fingerprint density at radius 2 is 0.724 bits per heavy atom. The average Bonchev–Trinajstić information content (AvgIpc) is 2.37. The van der Waals surface area contributed by atoms with Gasteiger partial charge in [0.05, 0.1) is 0 Å². The quantitative estimate of drug-likeness (QED) is 0.423. The number of rotatable bonds is 4. The van der Waals surface area contributed by atoms with Gasteiger partial charge in [-0.25, -0.2) is 21.6 Å². The van der Waals surface area contributed by atoms with Crippen LogP contribution in [-0.4, -0.2) is 59.9 Å².